The van der Waals surface area contributed by atoms with E-state index in [9.17, 15) is 23.9 Å². The Morgan fingerprint density at radius 2 is 1.66 bits per heavy atom. The molecule has 0 aromatic heterocycles. The van der Waals surface area contributed by atoms with Gasteiger partial charge in [0.05, 0.1) is 0 Å². The summed E-state index contributed by atoms with van der Waals surface area (Å²) in [6, 6.07) is 12.8. The van der Waals surface area contributed by atoms with Crippen LogP contribution in [0.25, 0.3) is 6.08 Å². The van der Waals surface area contributed by atoms with Gasteiger partial charge in [-0.3, -0.25) is 9.59 Å². The van der Waals surface area contributed by atoms with E-state index < -0.39 is 29.6 Å². The molecule has 0 aliphatic rings. The number of halogens is 1. The predicted molar refractivity (Wildman–Crippen MR) is 107 cm³/mol. The van der Waals surface area contributed by atoms with Crippen molar-refractivity contribution in [3.63, 3.8) is 0 Å². The van der Waals surface area contributed by atoms with Crippen LogP contribution in [0.1, 0.15) is 36.2 Å². The third kappa shape index (κ3) is 6.57. The molecular weight excluding hydrogens is 375 g/mol. The Bertz CT molecular complexity index is 910. The van der Waals surface area contributed by atoms with Crippen LogP contribution in [0.5, 0.6) is 0 Å². The summed E-state index contributed by atoms with van der Waals surface area (Å²) >= 11 is 0. The molecule has 0 aliphatic heterocycles. The van der Waals surface area contributed by atoms with Crippen LogP contribution in [0.4, 0.5) is 4.39 Å². The molecule has 7 heteroatoms. The number of benzene rings is 2. The number of aliphatic carboxylic acids is 1. The number of hydrogen-bond donors (Lipinski definition) is 3. The number of amides is 2. The summed E-state index contributed by atoms with van der Waals surface area (Å²) in [6.07, 6.45) is 1.39. The Morgan fingerprint density at radius 1 is 1.03 bits per heavy atom. The molecule has 1 atom stereocenters. The first-order chi connectivity index (χ1) is 13.8. The van der Waals surface area contributed by atoms with Crippen LogP contribution in [0, 0.1) is 11.7 Å². The molecule has 152 valence electrons. The van der Waals surface area contributed by atoms with Gasteiger partial charge in [-0.1, -0.05) is 50.2 Å². The van der Waals surface area contributed by atoms with E-state index in [1.54, 1.807) is 36.4 Å². The lowest BCUT2D eigenvalue weighted by molar-refractivity contribution is -0.141. The maximum absolute atomic E-state index is 14.1. The second kappa shape index (κ2) is 10.2. The number of rotatable bonds is 8. The maximum Gasteiger partial charge on any atom is 0.326 e. The van der Waals surface area contributed by atoms with Crippen molar-refractivity contribution >= 4 is 23.9 Å². The zero-order valence-corrected chi connectivity index (χ0v) is 16.2. The third-order valence-corrected chi connectivity index (χ3v) is 4.04. The van der Waals surface area contributed by atoms with Crippen LogP contribution in [-0.4, -0.2) is 28.9 Å². The van der Waals surface area contributed by atoms with Crippen molar-refractivity contribution in [1.29, 1.82) is 0 Å². The van der Waals surface area contributed by atoms with Crippen molar-refractivity contribution in [2.75, 3.05) is 0 Å². The van der Waals surface area contributed by atoms with Crippen LogP contribution >= 0.6 is 0 Å². The van der Waals surface area contributed by atoms with Gasteiger partial charge in [0.1, 0.15) is 17.6 Å². The molecule has 2 aromatic rings. The minimum Gasteiger partial charge on any atom is -0.480 e. The standard InChI is InChI=1S/C22H23FN2O4/c1-14(2)12-19(22(28)29)25-21(27)18(13-16-10-6-7-11-17(16)23)24-20(26)15-8-4-3-5-9-15/h3-11,13-14,19H,12H2,1-2H3,(H,24,26)(H,25,27)(H,28,29)/b18-13+/t19-/m0/s1. The SMILES string of the molecule is CC(C)C[C@H](NC(=O)/C(=C\c1ccccc1F)NC(=O)c1ccccc1)C(=O)O. The first kappa shape index (κ1) is 21.8. The highest BCUT2D eigenvalue weighted by Crippen LogP contribution is 2.12. The molecule has 2 amide bonds. The highest BCUT2D eigenvalue weighted by Gasteiger charge is 2.24. The topological polar surface area (TPSA) is 95.5 Å². The van der Waals surface area contributed by atoms with Crippen molar-refractivity contribution in [2.24, 2.45) is 5.92 Å². The summed E-state index contributed by atoms with van der Waals surface area (Å²) in [6.45, 7) is 3.66. The number of carbonyl (C=O) groups is 3. The van der Waals surface area contributed by atoms with E-state index >= 15 is 0 Å². The van der Waals surface area contributed by atoms with Gasteiger partial charge in [0, 0.05) is 11.1 Å². The number of hydrogen-bond acceptors (Lipinski definition) is 3. The fourth-order valence-electron chi connectivity index (χ4n) is 2.62. The summed E-state index contributed by atoms with van der Waals surface area (Å²) in [4.78, 5) is 36.7. The van der Waals surface area contributed by atoms with Gasteiger partial charge in [0.2, 0.25) is 0 Å². The first-order valence-corrected chi connectivity index (χ1v) is 9.14. The first-order valence-electron chi connectivity index (χ1n) is 9.14. The number of carbonyl (C=O) groups excluding carboxylic acids is 2. The summed E-state index contributed by atoms with van der Waals surface area (Å²) in [5.74, 6) is -3.13. The average Bonchev–Trinajstić information content (AvgIpc) is 2.68. The van der Waals surface area contributed by atoms with Gasteiger partial charge in [-0.05, 0) is 36.6 Å². The molecule has 0 radical (unpaired) electrons. The zero-order valence-electron chi connectivity index (χ0n) is 16.2. The molecule has 0 spiro atoms. The zero-order chi connectivity index (χ0) is 21.4. The quantitative estimate of drug-likeness (QED) is 0.595. The van der Waals surface area contributed by atoms with Gasteiger partial charge in [-0.2, -0.15) is 0 Å². The summed E-state index contributed by atoms with van der Waals surface area (Å²) in [5.41, 5.74) is 0.136. The Labute approximate surface area is 168 Å². The lowest BCUT2D eigenvalue weighted by Crippen LogP contribution is -2.45. The predicted octanol–water partition coefficient (Wildman–Crippen LogP) is 3.21. The van der Waals surface area contributed by atoms with E-state index in [-0.39, 0.29) is 23.6 Å². The van der Waals surface area contributed by atoms with Crippen LogP contribution < -0.4 is 10.6 Å². The van der Waals surface area contributed by atoms with Crippen molar-refractivity contribution < 1.29 is 23.9 Å². The number of carboxylic acid groups (broad SMARTS) is 1. The van der Waals surface area contributed by atoms with Crippen molar-refractivity contribution in [1.82, 2.24) is 10.6 Å². The minimum atomic E-state index is -1.19. The molecule has 0 saturated carbocycles. The van der Waals surface area contributed by atoms with Gasteiger partial charge in [-0.15, -0.1) is 0 Å². The minimum absolute atomic E-state index is 0.0225. The Morgan fingerprint density at radius 3 is 2.24 bits per heavy atom. The van der Waals surface area contributed by atoms with Gasteiger partial charge in [0.15, 0.2) is 0 Å². The fraction of sp³-hybridized carbons (Fsp3) is 0.227. The normalized spacial score (nSPS) is 12.3. The third-order valence-electron chi connectivity index (χ3n) is 4.04. The van der Waals surface area contributed by atoms with Gasteiger partial charge >= 0.3 is 5.97 Å². The number of nitrogens with one attached hydrogen (secondary N) is 2. The van der Waals surface area contributed by atoms with Crippen molar-refractivity contribution in [2.45, 2.75) is 26.3 Å². The average molecular weight is 398 g/mol. The van der Waals surface area contributed by atoms with Crippen molar-refractivity contribution in [3.8, 4) is 0 Å². The van der Waals surface area contributed by atoms with Gasteiger partial charge < -0.3 is 15.7 Å². The Hall–Kier alpha value is -3.48. The summed E-state index contributed by atoms with van der Waals surface area (Å²) < 4.78 is 14.1. The molecule has 0 saturated heterocycles. The van der Waals surface area contributed by atoms with E-state index in [0.717, 1.165) is 0 Å². The van der Waals surface area contributed by atoms with Gasteiger partial charge in [0.25, 0.3) is 11.8 Å². The maximum atomic E-state index is 14.1. The fourth-order valence-corrected chi connectivity index (χ4v) is 2.62. The van der Waals surface area contributed by atoms with E-state index in [0.29, 0.717) is 5.56 Å². The smallest absolute Gasteiger partial charge is 0.326 e. The number of carboxylic acids is 1. The van der Waals surface area contributed by atoms with Crippen LogP contribution in [-0.2, 0) is 9.59 Å². The van der Waals surface area contributed by atoms with E-state index in [4.69, 9.17) is 0 Å². The molecule has 0 unspecified atom stereocenters. The molecule has 6 nitrogen and oxygen atoms in total. The van der Waals surface area contributed by atoms with Crippen LogP contribution in [0.15, 0.2) is 60.3 Å². The molecule has 2 rings (SSSR count). The van der Waals surface area contributed by atoms with E-state index in [1.807, 2.05) is 13.8 Å². The Balaban J connectivity index is 2.33. The molecule has 3 N–H and O–H groups in total. The van der Waals surface area contributed by atoms with Crippen LogP contribution in [0.3, 0.4) is 0 Å². The molecule has 2 aromatic carbocycles. The van der Waals surface area contributed by atoms with Crippen LogP contribution in [0.2, 0.25) is 0 Å². The highest BCUT2D eigenvalue weighted by molar-refractivity contribution is 6.06. The van der Waals surface area contributed by atoms with E-state index in [2.05, 4.69) is 10.6 Å². The molecule has 0 fully saturated rings. The summed E-state index contributed by atoms with van der Waals surface area (Å²) in [7, 11) is 0. The molecular formula is C22H23FN2O4. The lowest BCUT2D eigenvalue weighted by Gasteiger charge is -2.18. The van der Waals surface area contributed by atoms with Crippen molar-refractivity contribution in [3.05, 3.63) is 77.2 Å². The summed E-state index contributed by atoms with van der Waals surface area (Å²) in [5, 5.41) is 14.2. The monoisotopic (exact) mass is 398 g/mol. The molecule has 0 bridgehead atoms. The van der Waals surface area contributed by atoms with E-state index in [1.165, 1.54) is 24.3 Å². The highest BCUT2D eigenvalue weighted by atomic mass is 19.1. The largest absolute Gasteiger partial charge is 0.480 e. The Kier molecular flexibility index (Phi) is 7.65. The molecule has 0 heterocycles. The molecule has 0 aliphatic carbocycles. The van der Waals surface area contributed by atoms with Gasteiger partial charge in [-0.25, -0.2) is 9.18 Å². The molecule has 29 heavy (non-hydrogen) atoms. The second-order valence-electron chi connectivity index (χ2n) is 6.89. The lowest BCUT2D eigenvalue weighted by atomic mass is 10.0. The second-order valence-corrected chi connectivity index (χ2v) is 6.89.